The van der Waals surface area contributed by atoms with E-state index in [4.69, 9.17) is 28.5 Å². The zero-order chi connectivity index (χ0) is 11.7. The molecule has 0 fully saturated rings. The molecule has 80 valence electrons. The highest BCUT2D eigenvalue weighted by atomic mass is 35.5. The Morgan fingerprint density at radius 3 is 2.62 bits per heavy atom. The van der Waals surface area contributed by atoms with Crippen LogP contribution in [0.3, 0.4) is 0 Å². The van der Waals surface area contributed by atoms with Crippen molar-refractivity contribution in [3.8, 4) is 17.3 Å². The number of halogens is 2. The fourth-order valence-corrected chi connectivity index (χ4v) is 2.13. The van der Waals surface area contributed by atoms with Crippen LogP contribution in [-0.4, -0.2) is 4.57 Å². The summed E-state index contributed by atoms with van der Waals surface area (Å²) in [4.78, 5) is 0. The van der Waals surface area contributed by atoms with Gasteiger partial charge in [0.1, 0.15) is 6.07 Å². The van der Waals surface area contributed by atoms with Gasteiger partial charge in [0.15, 0.2) is 0 Å². The van der Waals surface area contributed by atoms with E-state index in [-0.39, 0.29) is 0 Å². The van der Waals surface area contributed by atoms with Crippen LogP contribution in [0.15, 0.2) is 30.5 Å². The fourth-order valence-electron chi connectivity index (χ4n) is 1.64. The molecule has 1 heterocycles. The van der Waals surface area contributed by atoms with Crippen molar-refractivity contribution in [1.82, 2.24) is 4.57 Å². The molecule has 0 radical (unpaired) electrons. The molecule has 2 rings (SSSR count). The van der Waals surface area contributed by atoms with E-state index in [0.29, 0.717) is 15.6 Å². The van der Waals surface area contributed by atoms with Crippen LogP contribution in [0.5, 0.6) is 0 Å². The van der Waals surface area contributed by atoms with Crippen LogP contribution in [0.25, 0.3) is 11.3 Å². The number of aryl methyl sites for hydroxylation is 1. The summed E-state index contributed by atoms with van der Waals surface area (Å²) in [5.41, 5.74) is 2.23. The second kappa shape index (κ2) is 4.21. The lowest BCUT2D eigenvalue weighted by Crippen LogP contribution is -1.92. The van der Waals surface area contributed by atoms with Gasteiger partial charge in [-0.25, -0.2) is 0 Å². The average molecular weight is 251 g/mol. The highest BCUT2D eigenvalue weighted by molar-refractivity contribution is 6.36. The summed E-state index contributed by atoms with van der Waals surface area (Å²) in [6.07, 6.45) is 1.83. The first-order chi connectivity index (χ1) is 7.63. The topological polar surface area (TPSA) is 28.7 Å². The van der Waals surface area contributed by atoms with E-state index < -0.39 is 0 Å². The second-order valence-corrected chi connectivity index (χ2v) is 4.27. The first kappa shape index (κ1) is 11.1. The van der Waals surface area contributed by atoms with Gasteiger partial charge >= 0.3 is 0 Å². The third kappa shape index (κ3) is 1.80. The minimum Gasteiger partial charge on any atom is -0.349 e. The number of aromatic nitrogens is 1. The smallest absolute Gasteiger partial charge is 0.101 e. The molecule has 0 atom stereocenters. The number of benzene rings is 1. The summed E-state index contributed by atoms with van der Waals surface area (Å²) >= 11 is 12.0. The van der Waals surface area contributed by atoms with Crippen molar-refractivity contribution in [1.29, 1.82) is 5.26 Å². The largest absolute Gasteiger partial charge is 0.349 e. The Bertz CT molecular complexity index is 579. The van der Waals surface area contributed by atoms with Gasteiger partial charge in [0.05, 0.1) is 16.3 Å². The molecule has 16 heavy (non-hydrogen) atoms. The molecular weight excluding hydrogens is 243 g/mol. The molecule has 0 saturated carbocycles. The molecule has 4 heteroatoms. The summed E-state index contributed by atoms with van der Waals surface area (Å²) in [5, 5.41) is 10.1. The molecule has 0 aliphatic heterocycles. The Labute approximate surface area is 104 Å². The standard InChI is InChI=1S/C12H8Cl2N2/c1-16-5-4-8(7-15)12(16)10-3-2-9(13)6-11(10)14/h2-6H,1H3. The van der Waals surface area contributed by atoms with Gasteiger partial charge in [0.2, 0.25) is 0 Å². The lowest BCUT2D eigenvalue weighted by atomic mass is 10.1. The predicted molar refractivity (Wildman–Crippen MR) is 65.6 cm³/mol. The number of nitrogens with zero attached hydrogens (tertiary/aromatic N) is 2. The molecular formula is C12H8Cl2N2. The van der Waals surface area contributed by atoms with Crippen molar-refractivity contribution in [3.63, 3.8) is 0 Å². The Morgan fingerprint density at radius 1 is 1.25 bits per heavy atom. The van der Waals surface area contributed by atoms with E-state index >= 15 is 0 Å². The number of hydrogen-bond donors (Lipinski definition) is 0. The third-order valence-electron chi connectivity index (χ3n) is 2.38. The summed E-state index contributed by atoms with van der Waals surface area (Å²) in [5.74, 6) is 0. The molecule has 0 amide bonds. The van der Waals surface area contributed by atoms with Crippen LogP contribution in [0.2, 0.25) is 10.0 Å². The van der Waals surface area contributed by atoms with Gasteiger partial charge in [-0.3, -0.25) is 0 Å². The Kier molecular flexibility index (Phi) is 2.91. The van der Waals surface area contributed by atoms with E-state index in [0.717, 1.165) is 11.3 Å². The monoisotopic (exact) mass is 250 g/mol. The van der Waals surface area contributed by atoms with E-state index in [1.165, 1.54) is 0 Å². The maximum Gasteiger partial charge on any atom is 0.101 e. The maximum atomic E-state index is 9.01. The minimum absolute atomic E-state index is 0.547. The van der Waals surface area contributed by atoms with Crippen LogP contribution in [0.1, 0.15) is 5.56 Å². The highest BCUT2D eigenvalue weighted by Crippen LogP contribution is 2.32. The molecule has 0 N–H and O–H groups in total. The average Bonchev–Trinajstić information content (AvgIpc) is 2.60. The molecule has 0 bridgehead atoms. The van der Waals surface area contributed by atoms with Crippen molar-refractivity contribution in [2.45, 2.75) is 0 Å². The molecule has 0 unspecified atom stereocenters. The van der Waals surface area contributed by atoms with Gasteiger partial charge in [-0.1, -0.05) is 23.2 Å². The summed E-state index contributed by atoms with van der Waals surface area (Å²) in [6, 6.07) is 9.16. The lowest BCUT2D eigenvalue weighted by molar-refractivity contribution is 0.936. The summed E-state index contributed by atoms with van der Waals surface area (Å²) in [7, 11) is 1.88. The Morgan fingerprint density at radius 2 is 2.00 bits per heavy atom. The molecule has 0 aliphatic carbocycles. The van der Waals surface area contributed by atoms with Crippen molar-refractivity contribution in [3.05, 3.63) is 46.1 Å². The lowest BCUT2D eigenvalue weighted by Gasteiger charge is -2.07. The predicted octanol–water partition coefficient (Wildman–Crippen LogP) is 3.87. The van der Waals surface area contributed by atoms with E-state index in [1.807, 2.05) is 23.9 Å². The van der Waals surface area contributed by atoms with Gasteiger partial charge in [-0.05, 0) is 24.3 Å². The molecule has 2 nitrogen and oxygen atoms in total. The fraction of sp³-hybridized carbons (Fsp3) is 0.0833. The van der Waals surface area contributed by atoms with E-state index in [1.54, 1.807) is 18.2 Å². The van der Waals surface area contributed by atoms with Crippen molar-refractivity contribution in [2.75, 3.05) is 0 Å². The van der Waals surface area contributed by atoms with Crippen LogP contribution in [0.4, 0.5) is 0 Å². The van der Waals surface area contributed by atoms with Crippen LogP contribution >= 0.6 is 23.2 Å². The quantitative estimate of drug-likeness (QED) is 0.756. The summed E-state index contributed by atoms with van der Waals surface area (Å²) in [6.45, 7) is 0. The zero-order valence-electron chi connectivity index (χ0n) is 8.54. The van der Waals surface area contributed by atoms with E-state index in [2.05, 4.69) is 6.07 Å². The molecule has 2 aromatic rings. The molecule has 1 aromatic carbocycles. The summed E-state index contributed by atoms with van der Waals surface area (Å²) < 4.78 is 1.87. The second-order valence-electron chi connectivity index (χ2n) is 3.42. The normalized spacial score (nSPS) is 10.1. The van der Waals surface area contributed by atoms with Gasteiger partial charge in [-0.2, -0.15) is 5.26 Å². The highest BCUT2D eigenvalue weighted by Gasteiger charge is 2.12. The van der Waals surface area contributed by atoms with E-state index in [9.17, 15) is 0 Å². The Hall–Kier alpha value is -1.43. The first-order valence-electron chi connectivity index (χ1n) is 4.64. The molecule has 0 aliphatic rings. The van der Waals surface area contributed by atoms with Gasteiger partial charge in [-0.15, -0.1) is 0 Å². The maximum absolute atomic E-state index is 9.01. The SMILES string of the molecule is Cn1ccc(C#N)c1-c1ccc(Cl)cc1Cl. The van der Waals surface area contributed by atoms with Gasteiger partial charge in [0, 0.05) is 23.8 Å². The third-order valence-corrected chi connectivity index (χ3v) is 2.93. The number of hydrogen-bond acceptors (Lipinski definition) is 1. The minimum atomic E-state index is 0.547. The number of nitriles is 1. The molecule has 1 aromatic heterocycles. The van der Waals surface area contributed by atoms with Gasteiger partial charge < -0.3 is 4.57 Å². The molecule has 0 saturated heterocycles. The Balaban J connectivity index is 2.68. The van der Waals surface area contributed by atoms with Crippen LogP contribution in [0, 0.1) is 11.3 Å². The molecule has 0 spiro atoms. The number of rotatable bonds is 1. The van der Waals surface area contributed by atoms with Crippen LogP contribution < -0.4 is 0 Å². The zero-order valence-corrected chi connectivity index (χ0v) is 10.0. The van der Waals surface area contributed by atoms with Crippen molar-refractivity contribution < 1.29 is 0 Å². The van der Waals surface area contributed by atoms with Crippen LogP contribution in [-0.2, 0) is 7.05 Å². The van der Waals surface area contributed by atoms with Crippen molar-refractivity contribution in [2.24, 2.45) is 7.05 Å². The van der Waals surface area contributed by atoms with Gasteiger partial charge in [0.25, 0.3) is 0 Å². The first-order valence-corrected chi connectivity index (χ1v) is 5.40. The van der Waals surface area contributed by atoms with Crippen molar-refractivity contribution >= 4 is 23.2 Å².